The molecule has 2 radical (unpaired) electrons. The van der Waals surface area contributed by atoms with E-state index in [2.05, 4.69) is 45.0 Å². The molecule has 0 saturated carbocycles. The quantitative estimate of drug-likeness (QED) is 0.606. The van der Waals surface area contributed by atoms with Crippen molar-refractivity contribution in [2.24, 2.45) is 0 Å². The Morgan fingerprint density at radius 1 is 1.15 bits per heavy atom. The maximum atomic E-state index is 5.87. The first kappa shape index (κ1) is 10.3. The minimum atomic E-state index is 0.919. The van der Waals surface area contributed by atoms with E-state index >= 15 is 0 Å². The lowest BCUT2D eigenvalue weighted by Gasteiger charge is -2.13. The van der Waals surface area contributed by atoms with Crippen molar-refractivity contribution in [1.82, 2.24) is 4.90 Å². The summed E-state index contributed by atoms with van der Waals surface area (Å²) in [7, 11) is 10.0. The third-order valence-electron chi connectivity index (χ3n) is 2.15. The third-order valence-corrected chi connectivity index (χ3v) is 2.15. The van der Waals surface area contributed by atoms with Gasteiger partial charge in [-0.1, -0.05) is 28.7 Å². The van der Waals surface area contributed by atoms with Crippen LogP contribution in [0.3, 0.4) is 0 Å². The van der Waals surface area contributed by atoms with Crippen molar-refractivity contribution < 1.29 is 0 Å². The Labute approximate surface area is 82.2 Å². The standard InChI is InChI=1S/C11H16BN/c1-8-5-10(7-13(3)4)6-9(2)11(8)12/h5-6H,7H2,1-4H3. The van der Waals surface area contributed by atoms with E-state index in [-0.39, 0.29) is 0 Å². The normalized spacial score (nSPS) is 10.8. The van der Waals surface area contributed by atoms with Crippen LogP contribution in [0, 0.1) is 13.8 Å². The summed E-state index contributed by atoms with van der Waals surface area (Å²) in [6.07, 6.45) is 0. The van der Waals surface area contributed by atoms with Gasteiger partial charge in [-0.3, -0.25) is 0 Å². The van der Waals surface area contributed by atoms with Crippen molar-refractivity contribution >= 4 is 13.3 Å². The van der Waals surface area contributed by atoms with Crippen LogP contribution in [0.4, 0.5) is 0 Å². The van der Waals surface area contributed by atoms with Crippen LogP contribution in [0.2, 0.25) is 0 Å². The highest BCUT2D eigenvalue weighted by Gasteiger charge is 2.00. The molecule has 0 aliphatic rings. The average molecular weight is 173 g/mol. The van der Waals surface area contributed by atoms with Crippen LogP contribution >= 0.6 is 0 Å². The maximum absolute atomic E-state index is 5.87. The number of nitrogens with zero attached hydrogens (tertiary/aromatic N) is 1. The first-order chi connectivity index (χ1) is 6.00. The van der Waals surface area contributed by atoms with Gasteiger partial charge in [-0.15, -0.1) is 0 Å². The Morgan fingerprint density at radius 2 is 1.62 bits per heavy atom. The smallest absolute Gasteiger partial charge is 0.114 e. The number of aryl methyl sites for hydroxylation is 2. The van der Waals surface area contributed by atoms with Crippen LogP contribution in [0.25, 0.3) is 0 Å². The van der Waals surface area contributed by atoms with Gasteiger partial charge in [-0.25, -0.2) is 0 Å². The summed E-state index contributed by atoms with van der Waals surface area (Å²) in [5.41, 5.74) is 4.60. The average Bonchev–Trinajstić information content (AvgIpc) is 1.98. The van der Waals surface area contributed by atoms with E-state index in [1.807, 2.05) is 0 Å². The molecule has 0 bridgehead atoms. The predicted octanol–water partition coefficient (Wildman–Crippen LogP) is 1.16. The summed E-state index contributed by atoms with van der Waals surface area (Å²) in [5, 5.41) is 0. The van der Waals surface area contributed by atoms with Crippen molar-refractivity contribution in [3.8, 4) is 0 Å². The summed E-state index contributed by atoms with van der Waals surface area (Å²) in [6.45, 7) is 5.09. The van der Waals surface area contributed by atoms with Gasteiger partial charge < -0.3 is 4.90 Å². The van der Waals surface area contributed by atoms with E-state index in [9.17, 15) is 0 Å². The lowest BCUT2D eigenvalue weighted by Crippen LogP contribution is -2.16. The molecule has 68 valence electrons. The molecule has 0 heterocycles. The lowest BCUT2D eigenvalue weighted by molar-refractivity contribution is 0.402. The summed E-state index contributed by atoms with van der Waals surface area (Å²) in [5.74, 6) is 0. The van der Waals surface area contributed by atoms with Crippen LogP contribution in [0.15, 0.2) is 12.1 Å². The minimum absolute atomic E-state index is 0.919. The highest BCUT2D eigenvalue weighted by atomic mass is 15.0. The summed E-state index contributed by atoms with van der Waals surface area (Å²) in [4.78, 5) is 2.16. The Hall–Kier alpha value is -0.755. The fraction of sp³-hybridized carbons (Fsp3) is 0.455. The Kier molecular flexibility index (Phi) is 3.15. The van der Waals surface area contributed by atoms with Gasteiger partial charge in [0.2, 0.25) is 0 Å². The molecule has 2 heteroatoms. The van der Waals surface area contributed by atoms with E-state index in [0.29, 0.717) is 0 Å². The molecule has 0 aliphatic carbocycles. The number of rotatable bonds is 2. The third kappa shape index (κ3) is 2.59. The topological polar surface area (TPSA) is 3.24 Å². The zero-order valence-electron chi connectivity index (χ0n) is 8.89. The summed E-state index contributed by atoms with van der Waals surface area (Å²) < 4.78 is 0. The fourth-order valence-electron chi connectivity index (χ4n) is 1.52. The molecule has 0 fully saturated rings. The van der Waals surface area contributed by atoms with Gasteiger partial charge in [0.25, 0.3) is 0 Å². The maximum Gasteiger partial charge on any atom is 0.114 e. The zero-order valence-corrected chi connectivity index (χ0v) is 8.89. The van der Waals surface area contributed by atoms with Crippen LogP contribution in [-0.4, -0.2) is 26.8 Å². The second-order valence-corrected chi connectivity index (χ2v) is 3.88. The van der Waals surface area contributed by atoms with Crippen molar-refractivity contribution in [2.45, 2.75) is 20.4 Å². The predicted molar refractivity (Wildman–Crippen MR) is 58.7 cm³/mol. The van der Waals surface area contributed by atoms with Crippen molar-refractivity contribution in [2.75, 3.05) is 14.1 Å². The highest BCUT2D eigenvalue weighted by molar-refractivity contribution is 6.34. The Bertz CT molecular complexity index is 282. The van der Waals surface area contributed by atoms with Crippen LogP contribution in [0.1, 0.15) is 16.7 Å². The van der Waals surface area contributed by atoms with Gasteiger partial charge in [-0.05, 0) is 33.5 Å². The second kappa shape index (κ2) is 3.97. The molecular formula is C11H16BN. The largest absolute Gasteiger partial charge is 0.305 e. The van der Waals surface area contributed by atoms with Crippen LogP contribution in [-0.2, 0) is 6.54 Å². The molecule has 0 saturated heterocycles. The van der Waals surface area contributed by atoms with Crippen LogP contribution < -0.4 is 5.46 Å². The molecule has 0 aliphatic heterocycles. The highest BCUT2D eigenvalue weighted by Crippen LogP contribution is 2.07. The molecule has 1 aromatic rings. The van der Waals surface area contributed by atoms with E-state index in [0.717, 1.165) is 12.0 Å². The van der Waals surface area contributed by atoms with E-state index in [1.165, 1.54) is 16.7 Å². The molecule has 0 amide bonds. The molecule has 0 N–H and O–H groups in total. The van der Waals surface area contributed by atoms with E-state index < -0.39 is 0 Å². The van der Waals surface area contributed by atoms with Gasteiger partial charge in [0, 0.05) is 6.54 Å². The molecule has 1 aromatic carbocycles. The van der Waals surface area contributed by atoms with Gasteiger partial charge in [0.1, 0.15) is 7.85 Å². The monoisotopic (exact) mass is 173 g/mol. The Morgan fingerprint density at radius 3 is 2.00 bits per heavy atom. The Balaban J connectivity index is 2.99. The van der Waals surface area contributed by atoms with Crippen molar-refractivity contribution in [3.05, 3.63) is 28.8 Å². The number of benzene rings is 1. The van der Waals surface area contributed by atoms with Gasteiger partial charge in [-0.2, -0.15) is 0 Å². The minimum Gasteiger partial charge on any atom is -0.305 e. The molecule has 1 nitrogen and oxygen atoms in total. The van der Waals surface area contributed by atoms with Gasteiger partial charge >= 0.3 is 0 Å². The number of hydrogen-bond acceptors (Lipinski definition) is 1. The lowest BCUT2D eigenvalue weighted by atomic mass is 9.85. The molecule has 0 unspecified atom stereocenters. The molecule has 0 atom stereocenters. The summed E-state index contributed by atoms with van der Waals surface area (Å²) in [6, 6.07) is 4.31. The number of hydrogen-bond donors (Lipinski definition) is 0. The first-order valence-corrected chi connectivity index (χ1v) is 4.51. The first-order valence-electron chi connectivity index (χ1n) is 4.51. The van der Waals surface area contributed by atoms with Gasteiger partial charge in [0.05, 0.1) is 0 Å². The second-order valence-electron chi connectivity index (χ2n) is 3.88. The van der Waals surface area contributed by atoms with Gasteiger partial charge in [0.15, 0.2) is 0 Å². The van der Waals surface area contributed by atoms with Crippen molar-refractivity contribution in [1.29, 1.82) is 0 Å². The van der Waals surface area contributed by atoms with E-state index in [1.54, 1.807) is 0 Å². The molecule has 13 heavy (non-hydrogen) atoms. The molecular weight excluding hydrogens is 157 g/mol. The van der Waals surface area contributed by atoms with Crippen LogP contribution in [0.5, 0.6) is 0 Å². The molecule has 0 aromatic heterocycles. The molecule has 0 spiro atoms. The van der Waals surface area contributed by atoms with Crippen molar-refractivity contribution in [3.63, 3.8) is 0 Å². The SMILES string of the molecule is [B]c1c(C)cc(CN(C)C)cc1C. The van der Waals surface area contributed by atoms with E-state index in [4.69, 9.17) is 7.85 Å². The summed E-state index contributed by atoms with van der Waals surface area (Å²) >= 11 is 0. The fourth-order valence-corrected chi connectivity index (χ4v) is 1.52. The molecule has 1 rings (SSSR count). The zero-order chi connectivity index (χ0) is 10.0.